The standard InChI is InChI=1S/C20H22N4O3S/c1-3-24(4-2)12-17(25)22-14-6-5-7-15(11-14)23-19(26)16-10-13-8-9-21-20(27)18(13)28-16/h5-11H,3-4,12H2,1-2H3,(H,21,27)(H,22,25)(H,23,26). The first-order valence-electron chi connectivity index (χ1n) is 9.05. The summed E-state index contributed by atoms with van der Waals surface area (Å²) in [4.78, 5) is 41.6. The van der Waals surface area contributed by atoms with Crippen LogP contribution in [0.15, 0.2) is 47.4 Å². The summed E-state index contributed by atoms with van der Waals surface area (Å²) < 4.78 is 0.519. The van der Waals surface area contributed by atoms with Gasteiger partial charge in [0, 0.05) is 23.0 Å². The fraction of sp³-hybridized carbons (Fsp3) is 0.250. The normalized spacial score (nSPS) is 11.0. The third kappa shape index (κ3) is 4.65. The molecule has 0 aliphatic heterocycles. The van der Waals surface area contributed by atoms with Crippen LogP contribution < -0.4 is 16.2 Å². The highest BCUT2D eigenvalue weighted by atomic mass is 32.1. The van der Waals surface area contributed by atoms with Gasteiger partial charge in [0.25, 0.3) is 11.5 Å². The summed E-state index contributed by atoms with van der Waals surface area (Å²) in [6, 6.07) is 10.4. The Morgan fingerprint density at radius 2 is 1.79 bits per heavy atom. The highest BCUT2D eigenvalue weighted by Gasteiger charge is 2.13. The minimum Gasteiger partial charge on any atom is -0.328 e. The molecule has 3 aromatic rings. The molecule has 2 heterocycles. The number of thiophene rings is 1. The van der Waals surface area contributed by atoms with E-state index in [4.69, 9.17) is 0 Å². The largest absolute Gasteiger partial charge is 0.328 e. The van der Waals surface area contributed by atoms with Gasteiger partial charge in [-0.3, -0.25) is 19.3 Å². The predicted molar refractivity (Wildman–Crippen MR) is 113 cm³/mol. The van der Waals surface area contributed by atoms with Crippen LogP contribution in [-0.4, -0.2) is 41.3 Å². The van der Waals surface area contributed by atoms with Crippen molar-refractivity contribution in [3.8, 4) is 0 Å². The summed E-state index contributed by atoms with van der Waals surface area (Å²) >= 11 is 1.15. The third-order valence-corrected chi connectivity index (χ3v) is 5.48. The van der Waals surface area contributed by atoms with Gasteiger partial charge in [0.05, 0.1) is 11.4 Å². The maximum Gasteiger partial charge on any atom is 0.265 e. The third-order valence-electron chi connectivity index (χ3n) is 4.33. The molecule has 0 saturated heterocycles. The van der Waals surface area contributed by atoms with Gasteiger partial charge in [-0.2, -0.15) is 0 Å². The molecule has 0 bridgehead atoms. The lowest BCUT2D eigenvalue weighted by atomic mass is 10.2. The quantitative estimate of drug-likeness (QED) is 0.570. The van der Waals surface area contributed by atoms with E-state index >= 15 is 0 Å². The lowest BCUT2D eigenvalue weighted by Gasteiger charge is -2.17. The van der Waals surface area contributed by atoms with Crippen LogP contribution >= 0.6 is 11.3 Å². The minimum absolute atomic E-state index is 0.101. The number of pyridine rings is 1. The Labute approximate surface area is 166 Å². The summed E-state index contributed by atoms with van der Waals surface area (Å²) in [5.41, 5.74) is 0.971. The number of aromatic nitrogens is 1. The SMILES string of the molecule is CCN(CC)CC(=O)Nc1cccc(NC(=O)c2cc3cc[nH]c(=O)c3s2)c1. The van der Waals surface area contributed by atoms with Crippen LogP contribution in [0.4, 0.5) is 11.4 Å². The van der Waals surface area contributed by atoms with Crippen molar-refractivity contribution in [3.63, 3.8) is 0 Å². The van der Waals surface area contributed by atoms with Crippen molar-refractivity contribution in [1.82, 2.24) is 9.88 Å². The van der Waals surface area contributed by atoms with Gasteiger partial charge in [-0.1, -0.05) is 19.9 Å². The molecule has 7 nitrogen and oxygen atoms in total. The number of carbonyl (C=O) groups is 2. The molecule has 0 fully saturated rings. The predicted octanol–water partition coefficient (Wildman–Crippen LogP) is 3.12. The second-order valence-corrected chi connectivity index (χ2v) is 7.30. The van der Waals surface area contributed by atoms with Crippen molar-refractivity contribution >= 4 is 44.6 Å². The Morgan fingerprint density at radius 3 is 2.46 bits per heavy atom. The van der Waals surface area contributed by atoms with Crippen molar-refractivity contribution in [3.05, 3.63) is 57.8 Å². The second-order valence-electron chi connectivity index (χ2n) is 6.25. The maximum absolute atomic E-state index is 12.5. The highest BCUT2D eigenvalue weighted by molar-refractivity contribution is 7.20. The van der Waals surface area contributed by atoms with E-state index in [1.54, 1.807) is 42.6 Å². The molecule has 146 valence electrons. The number of aromatic amines is 1. The van der Waals surface area contributed by atoms with E-state index in [-0.39, 0.29) is 17.4 Å². The van der Waals surface area contributed by atoms with E-state index in [1.165, 1.54) is 0 Å². The first-order valence-corrected chi connectivity index (χ1v) is 9.86. The number of fused-ring (bicyclic) bond motifs is 1. The van der Waals surface area contributed by atoms with Crippen molar-refractivity contribution in [2.75, 3.05) is 30.3 Å². The van der Waals surface area contributed by atoms with Crippen LogP contribution in [0.25, 0.3) is 10.1 Å². The first kappa shape index (κ1) is 19.8. The number of hydrogen-bond donors (Lipinski definition) is 3. The number of nitrogens with one attached hydrogen (secondary N) is 3. The van der Waals surface area contributed by atoms with Gasteiger partial charge >= 0.3 is 0 Å². The summed E-state index contributed by atoms with van der Waals surface area (Å²) in [5.74, 6) is -0.400. The van der Waals surface area contributed by atoms with Crippen LogP contribution in [0.1, 0.15) is 23.5 Å². The molecule has 28 heavy (non-hydrogen) atoms. The Balaban J connectivity index is 1.69. The van der Waals surface area contributed by atoms with Gasteiger partial charge in [-0.15, -0.1) is 11.3 Å². The molecule has 0 radical (unpaired) electrons. The smallest absolute Gasteiger partial charge is 0.265 e. The van der Waals surface area contributed by atoms with Gasteiger partial charge < -0.3 is 15.6 Å². The zero-order chi connectivity index (χ0) is 20.1. The monoisotopic (exact) mass is 398 g/mol. The van der Waals surface area contributed by atoms with E-state index in [2.05, 4.69) is 15.6 Å². The van der Waals surface area contributed by atoms with E-state index < -0.39 is 0 Å². The number of H-pyrrole nitrogens is 1. The molecule has 0 spiro atoms. The fourth-order valence-electron chi connectivity index (χ4n) is 2.81. The van der Waals surface area contributed by atoms with E-state index in [9.17, 15) is 14.4 Å². The number of nitrogens with zero attached hydrogens (tertiary/aromatic N) is 1. The van der Waals surface area contributed by atoms with Gasteiger partial charge in [0.1, 0.15) is 4.70 Å². The summed E-state index contributed by atoms with van der Waals surface area (Å²) in [5, 5.41) is 6.39. The maximum atomic E-state index is 12.5. The topological polar surface area (TPSA) is 94.3 Å². The molecule has 3 rings (SSSR count). The molecular formula is C20H22N4O3S. The van der Waals surface area contributed by atoms with Gasteiger partial charge in [-0.05, 0) is 43.4 Å². The Morgan fingerprint density at radius 1 is 1.07 bits per heavy atom. The Bertz CT molecular complexity index is 1050. The van der Waals surface area contributed by atoms with Crippen LogP contribution in [-0.2, 0) is 4.79 Å². The second kappa shape index (κ2) is 8.81. The highest BCUT2D eigenvalue weighted by Crippen LogP contribution is 2.23. The zero-order valence-corrected chi connectivity index (χ0v) is 16.6. The molecule has 0 aliphatic carbocycles. The molecule has 2 amide bonds. The van der Waals surface area contributed by atoms with Crippen molar-refractivity contribution < 1.29 is 9.59 Å². The van der Waals surface area contributed by atoms with Crippen LogP contribution in [0.2, 0.25) is 0 Å². The Hall–Kier alpha value is -2.97. The van der Waals surface area contributed by atoms with Crippen molar-refractivity contribution in [2.24, 2.45) is 0 Å². The van der Waals surface area contributed by atoms with Crippen molar-refractivity contribution in [2.45, 2.75) is 13.8 Å². The van der Waals surface area contributed by atoms with Crippen molar-refractivity contribution in [1.29, 1.82) is 0 Å². The number of likely N-dealkylation sites (N-methyl/N-ethyl adjacent to an activating group) is 1. The number of amides is 2. The average Bonchev–Trinajstić information content (AvgIpc) is 3.12. The summed E-state index contributed by atoms with van der Waals surface area (Å²) in [6.07, 6.45) is 1.56. The molecule has 0 unspecified atom stereocenters. The lowest BCUT2D eigenvalue weighted by Crippen LogP contribution is -2.32. The molecule has 3 N–H and O–H groups in total. The number of rotatable bonds is 7. The molecule has 0 saturated carbocycles. The van der Waals surface area contributed by atoms with Gasteiger partial charge in [0.15, 0.2) is 0 Å². The van der Waals surface area contributed by atoms with Crippen LogP contribution in [0, 0.1) is 0 Å². The minimum atomic E-state index is -0.299. The number of anilines is 2. The van der Waals surface area contributed by atoms with E-state index in [0.29, 0.717) is 27.5 Å². The summed E-state index contributed by atoms with van der Waals surface area (Å²) in [6.45, 7) is 5.94. The van der Waals surface area contributed by atoms with E-state index in [1.807, 2.05) is 18.7 Å². The van der Waals surface area contributed by atoms with Gasteiger partial charge in [-0.25, -0.2) is 0 Å². The fourth-order valence-corrected chi connectivity index (χ4v) is 3.76. The zero-order valence-electron chi connectivity index (χ0n) is 15.7. The number of benzene rings is 1. The average molecular weight is 398 g/mol. The molecular weight excluding hydrogens is 376 g/mol. The van der Waals surface area contributed by atoms with Gasteiger partial charge in [0.2, 0.25) is 5.91 Å². The van der Waals surface area contributed by atoms with Crippen LogP contribution in [0.5, 0.6) is 0 Å². The molecule has 2 aromatic heterocycles. The first-order chi connectivity index (χ1) is 13.5. The molecule has 1 aromatic carbocycles. The molecule has 8 heteroatoms. The number of hydrogen-bond acceptors (Lipinski definition) is 5. The summed E-state index contributed by atoms with van der Waals surface area (Å²) in [7, 11) is 0. The molecule has 0 aliphatic rings. The lowest BCUT2D eigenvalue weighted by molar-refractivity contribution is -0.117. The number of carbonyl (C=O) groups excluding carboxylic acids is 2. The Kier molecular flexibility index (Phi) is 6.23. The molecule has 0 atom stereocenters. The van der Waals surface area contributed by atoms with E-state index in [0.717, 1.165) is 29.8 Å². The van der Waals surface area contributed by atoms with Crippen LogP contribution in [0.3, 0.4) is 0 Å².